The molecule has 34 heavy (non-hydrogen) atoms. The smallest absolute Gasteiger partial charge is 0.410 e. The second-order valence-electron chi connectivity index (χ2n) is 9.56. The van der Waals surface area contributed by atoms with Gasteiger partial charge >= 0.3 is 6.09 Å². The number of amides is 1. The molecule has 1 amide bonds. The number of ether oxygens (including phenoxy) is 1. The van der Waals surface area contributed by atoms with Crippen LogP contribution in [0.25, 0.3) is 22.8 Å². The number of hydrogen-bond donors (Lipinski definition) is 0. The molecule has 3 aromatic rings. The van der Waals surface area contributed by atoms with E-state index in [1.54, 1.807) is 4.90 Å². The van der Waals surface area contributed by atoms with E-state index in [-0.39, 0.29) is 12.2 Å². The first kappa shape index (κ1) is 22.4. The van der Waals surface area contributed by atoms with Crippen LogP contribution in [0.3, 0.4) is 0 Å². The van der Waals surface area contributed by atoms with Gasteiger partial charge in [-0.3, -0.25) is 0 Å². The number of aromatic nitrogens is 3. The summed E-state index contributed by atoms with van der Waals surface area (Å²) < 4.78 is 11.0. The summed E-state index contributed by atoms with van der Waals surface area (Å²) in [6.45, 7) is 10.3. The average molecular weight is 462 g/mol. The monoisotopic (exact) mass is 461 g/mol. The molecule has 0 radical (unpaired) electrons. The number of rotatable bonds is 4. The van der Waals surface area contributed by atoms with Gasteiger partial charge in [0.05, 0.1) is 11.7 Å². The quantitative estimate of drug-likeness (QED) is 0.541. The van der Waals surface area contributed by atoms with Crippen molar-refractivity contribution >= 4 is 11.9 Å². The molecule has 8 heteroatoms. The van der Waals surface area contributed by atoms with Gasteiger partial charge in [0, 0.05) is 37.4 Å². The zero-order chi connectivity index (χ0) is 23.8. The number of benzene rings is 1. The van der Waals surface area contributed by atoms with Gasteiger partial charge in [-0.15, -0.1) is 0 Å². The van der Waals surface area contributed by atoms with E-state index in [2.05, 4.69) is 41.0 Å². The first-order chi connectivity index (χ1) is 16.4. The molecule has 178 valence electrons. The molecule has 1 atom stereocenters. The fourth-order valence-electron chi connectivity index (χ4n) is 4.82. The van der Waals surface area contributed by atoms with Gasteiger partial charge < -0.3 is 19.1 Å². The van der Waals surface area contributed by atoms with Crippen molar-refractivity contribution in [1.29, 1.82) is 0 Å². The zero-order valence-electron chi connectivity index (χ0n) is 20.2. The molecule has 2 aromatic heterocycles. The Morgan fingerprint density at radius 1 is 1.18 bits per heavy atom. The third kappa shape index (κ3) is 4.36. The highest BCUT2D eigenvalue weighted by molar-refractivity contribution is 5.69. The lowest BCUT2D eigenvalue weighted by atomic mass is 9.97. The van der Waals surface area contributed by atoms with Crippen molar-refractivity contribution in [2.24, 2.45) is 0 Å². The summed E-state index contributed by atoms with van der Waals surface area (Å²) in [7, 11) is 0. The fraction of sp³-hybridized carbons (Fsp3) is 0.462. The maximum absolute atomic E-state index is 12.3. The molecule has 5 rings (SSSR count). The number of nitrogens with zero attached hydrogens (tertiary/aromatic N) is 5. The highest BCUT2D eigenvalue weighted by Crippen LogP contribution is 2.30. The molecule has 0 spiro atoms. The topological polar surface area (TPSA) is 84.6 Å². The van der Waals surface area contributed by atoms with Crippen molar-refractivity contribution in [3.05, 3.63) is 47.2 Å². The van der Waals surface area contributed by atoms with Crippen LogP contribution in [0.2, 0.25) is 0 Å². The van der Waals surface area contributed by atoms with Gasteiger partial charge in [0.1, 0.15) is 5.82 Å². The molecule has 4 heterocycles. The maximum Gasteiger partial charge on any atom is 0.410 e. The number of carbonyl (C=O) groups excluding carboxylic acids is 1. The summed E-state index contributed by atoms with van der Waals surface area (Å²) in [6.07, 6.45) is 4.61. The summed E-state index contributed by atoms with van der Waals surface area (Å²) in [6, 6.07) is 8.72. The SMILES string of the molecule is Cc1cc(-c2nc(-c3ccc4c(c3)CN(C(=O)OC(C)C)CC4)no2)cnc1N1CCCC1C. The van der Waals surface area contributed by atoms with Crippen LogP contribution in [0.4, 0.5) is 10.6 Å². The second-order valence-corrected chi connectivity index (χ2v) is 9.56. The number of anilines is 1. The van der Waals surface area contributed by atoms with E-state index in [9.17, 15) is 4.79 Å². The Labute approximate surface area is 199 Å². The van der Waals surface area contributed by atoms with E-state index in [1.807, 2.05) is 32.2 Å². The Balaban J connectivity index is 1.35. The third-order valence-electron chi connectivity index (χ3n) is 6.62. The van der Waals surface area contributed by atoms with Gasteiger partial charge in [-0.2, -0.15) is 4.98 Å². The Kier molecular flexibility index (Phi) is 5.98. The van der Waals surface area contributed by atoms with Crippen molar-refractivity contribution in [2.45, 2.75) is 65.6 Å². The van der Waals surface area contributed by atoms with E-state index >= 15 is 0 Å². The lowest BCUT2D eigenvalue weighted by molar-refractivity contribution is 0.0730. The molecular weight excluding hydrogens is 430 g/mol. The molecule has 1 saturated heterocycles. The van der Waals surface area contributed by atoms with Gasteiger partial charge in [0.15, 0.2) is 0 Å². The van der Waals surface area contributed by atoms with E-state index in [4.69, 9.17) is 14.2 Å². The van der Waals surface area contributed by atoms with Crippen LogP contribution >= 0.6 is 0 Å². The molecule has 0 saturated carbocycles. The van der Waals surface area contributed by atoms with Crippen LogP contribution in [0.1, 0.15) is 50.3 Å². The molecule has 2 aliphatic heterocycles. The lowest BCUT2D eigenvalue weighted by Crippen LogP contribution is -2.37. The molecule has 0 bridgehead atoms. The minimum atomic E-state index is -0.275. The number of hydrogen-bond acceptors (Lipinski definition) is 7. The first-order valence-electron chi connectivity index (χ1n) is 12.0. The summed E-state index contributed by atoms with van der Waals surface area (Å²) in [4.78, 5) is 25.8. The van der Waals surface area contributed by atoms with Gasteiger partial charge in [0.25, 0.3) is 5.89 Å². The van der Waals surface area contributed by atoms with Gasteiger partial charge in [-0.05, 0) is 75.8 Å². The van der Waals surface area contributed by atoms with Crippen LogP contribution in [-0.4, -0.2) is 51.4 Å². The summed E-state index contributed by atoms with van der Waals surface area (Å²) in [5.41, 5.74) is 5.09. The molecule has 1 aromatic carbocycles. The Morgan fingerprint density at radius 3 is 2.76 bits per heavy atom. The van der Waals surface area contributed by atoms with Crippen LogP contribution in [0.5, 0.6) is 0 Å². The Hall–Kier alpha value is -3.42. The van der Waals surface area contributed by atoms with Crippen LogP contribution in [0, 0.1) is 6.92 Å². The van der Waals surface area contributed by atoms with Gasteiger partial charge in [0.2, 0.25) is 5.82 Å². The summed E-state index contributed by atoms with van der Waals surface area (Å²) in [5.74, 6) is 2.00. The summed E-state index contributed by atoms with van der Waals surface area (Å²) in [5, 5.41) is 4.22. The highest BCUT2D eigenvalue weighted by Gasteiger charge is 2.25. The van der Waals surface area contributed by atoms with Gasteiger partial charge in [-0.1, -0.05) is 17.3 Å². The van der Waals surface area contributed by atoms with Crippen molar-refractivity contribution in [2.75, 3.05) is 18.0 Å². The Morgan fingerprint density at radius 2 is 2.03 bits per heavy atom. The van der Waals surface area contributed by atoms with Crippen molar-refractivity contribution < 1.29 is 14.1 Å². The average Bonchev–Trinajstić information content (AvgIpc) is 3.47. The van der Waals surface area contributed by atoms with Crippen molar-refractivity contribution in [1.82, 2.24) is 20.0 Å². The van der Waals surface area contributed by atoms with E-state index in [1.165, 1.54) is 18.4 Å². The molecule has 1 unspecified atom stereocenters. The highest BCUT2D eigenvalue weighted by atomic mass is 16.6. The predicted molar refractivity (Wildman–Crippen MR) is 129 cm³/mol. The van der Waals surface area contributed by atoms with Crippen LogP contribution in [0.15, 0.2) is 35.0 Å². The van der Waals surface area contributed by atoms with E-state index in [0.717, 1.165) is 41.0 Å². The largest absolute Gasteiger partial charge is 0.447 e. The third-order valence-corrected chi connectivity index (χ3v) is 6.62. The fourth-order valence-corrected chi connectivity index (χ4v) is 4.82. The van der Waals surface area contributed by atoms with Gasteiger partial charge in [-0.25, -0.2) is 9.78 Å². The standard InChI is InChI=1S/C26H31N5O3/c1-16(2)33-26(32)30-11-9-19-7-8-20(13-22(19)15-30)23-28-25(34-29-23)21-12-17(3)24(27-14-21)31-10-5-6-18(31)4/h7-8,12-14,16,18H,5-6,9-11,15H2,1-4H3. The van der Waals surface area contributed by atoms with Crippen LogP contribution in [-0.2, 0) is 17.7 Å². The first-order valence-corrected chi connectivity index (χ1v) is 12.0. The summed E-state index contributed by atoms with van der Waals surface area (Å²) >= 11 is 0. The molecule has 0 aliphatic carbocycles. The normalized spacial score (nSPS) is 17.9. The van der Waals surface area contributed by atoms with Crippen molar-refractivity contribution in [3.8, 4) is 22.8 Å². The number of pyridine rings is 1. The molecule has 2 aliphatic rings. The number of carbonyl (C=O) groups is 1. The predicted octanol–water partition coefficient (Wildman–Crippen LogP) is 5.00. The van der Waals surface area contributed by atoms with E-state index < -0.39 is 0 Å². The second kappa shape index (κ2) is 9.08. The molecule has 0 N–H and O–H groups in total. The minimum absolute atomic E-state index is 0.135. The zero-order valence-corrected chi connectivity index (χ0v) is 20.2. The Bertz CT molecular complexity index is 1200. The minimum Gasteiger partial charge on any atom is -0.447 e. The van der Waals surface area contributed by atoms with Crippen LogP contribution < -0.4 is 4.90 Å². The van der Waals surface area contributed by atoms with E-state index in [0.29, 0.717) is 30.8 Å². The number of fused-ring (bicyclic) bond motifs is 1. The number of aryl methyl sites for hydroxylation is 1. The maximum atomic E-state index is 12.3. The lowest BCUT2D eigenvalue weighted by Gasteiger charge is -2.29. The molecule has 8 nitrogen and oxygen atoms in total. The molecular formula is C26H31N5O3. The molecule has 1 fully saturated rings. The van der Waals surface area contributed by atoms with Crippen molar-refractivity contribution in [3.63, 3.8) is 0 Å².